The number of hydrogen-bond donors (Lipinski definition) is 0. The molecule has 1 aliphatic carbocycles. The number of aromatic nitrogens is 1. The number of rotatable bonds is 6. The Labute approximate surface area is 309 Å². The zero-order valence-corrected chi connectivity index (χ0v) is 29.6. The topological polar surface area (TPSA) is 29.3 Å². The van der Waals surface area contributed by atoms with Crippen LogP contribution < -0.4 is 4.90 Å². The molecule has 3 heteroatoms. The molecule has 0 N–H and O–H groups in total. The highest BCUT2D eigenvalue weighted by Gasteiger charge is 2.35. The lowest BCUT2D eigenvalue weighted by molar-refractivity contribution is 0.623. The van der Waals surface area contributed by atoms with Gasteiger partial charge in [0.1, 0.15) is 5.52 Å². The van der Waals surface area contributed by atoms with Gasteiger partial charge in [-0.1, -0.05) is 141 Å². The van der Waals surface area contributed by atoms with Crippen molar-refractivity contribution in [3.8, 4) is 44.8 Å². The van der Waals surface area contributed by atoms with Gasteiger partial charge < -0.3 is 9.32 Å². The molecule has 0 amide bonds. The van der Waals surface area contributed by atoms with E-state index >= 15 is 0 Å². The number of anilines is 3. The summed E-state index contributed by atoms with van der Waals surface area (Å²) < 4.78 is 6.40. The van der Waals surface area contributed by atoms with Gasteiger partial charge in [-0.3, -0.25) is 0 Å². The van der Waals surface area contributed by atoms with E-state index in [9.17, 15) is 0 Å². The summed E-state index contributed by atoms with van der Waals surface area (Å²) in [5.74, 6) is 0.636. The van der Waals surface area contributed by atoms with Crippen molar-refractivity contribution in [3.05, 3.63) is 193 Å². The molecule has 0 unspecified atom stereocenters. The molecule has 0 saturated carbocycles. The number of nitrogens with zero attached hydrogens (tertiary/aromatic N) is 2. The summed E-state index contributed by atoms with van der Waals surface area (Å²) in [5, 5.41) is 2.18. The minimum absolute atomic E-state index is 0.0564. The Morgan fingerprint density at radius 2 is 1.09 bits per heavy atom. The molecule has 0 saturated heterocycles. The molecule has 3 nitrogen and oxygen atoms in total. The van der Waals surface area contributed by atoms with Gasteiger partial charge in [0, 0.05) is 33.3 Å². The molecule has 53 heavy (non-hydrogen) atoms. The second-order valence-electron chi connectivity index (χ2n) is 14.4. The molecule has 0 spiro atoms. The number of fused-ring (bicyclic) bond motifs is 6. The zero-order chi connectivity index (χ0) is 35.5. The molecule has 0 atom stereocenters. The molecule has 1 aromatic heterocycles. The lowest BCUT2D eigenvalue weighted by atomic mass is 9.82. The SMILES string of the molecule is CC1(C)c2ccccc2-c2cc(N(c3ccc(-c4ccc5ccc6nc(-c7ccccc7)oc6c5c4)cc3)c3ccccc3-c3ccccc3)ccc21. The third-order valence-corrected chi connectivity index (χ3v) is 10.9. The summed E-state index contributed by atoms with van der Waals surface area (Å²) in [7, 11) is 0. The van der Waals surface area contributed by atoms with E-state index in [1.165, 1.54) is 33.4 Å². The molecular formula is C50H36N2O. The summed E-state index contributed by atoms with van der Waals surface area (Å²) in [4.78, 5) is 7.23. The van der Waals surface area contributed by atoms with E-state index < -0.39 is 0 Å². The number of benzene rings is 8. The normalized spacial score (nSPS) is 12.9. The number of oxazole rings is 1. The molecule has 0 fully saturated rings. The van der Waals surface area contributed by atoms with Gasteiger partial charge in [0.15, 0.2) is 5.58 Å². The van der Waals surface area contributed by atoms with E-state index in [1.807, 2.05) is 36.4 Å². The predicted molar refractivity (Wildman–Crippen MR) is 220 cm³/mol. The first-order valence-electron chi connectivity index (χ1n) is 18.2. The lowest BCUT2D eigenvalue weighted by Crippen LogP contribution is -2.15. The van der Waals surface area contributed by atoms with E-state index in [1.54, 1.807) is 0 Å². The van der Waals surface area contributed by atoms with Gasteiger partial charge in [-0.25, -0.2) is 4.98 Å². The first kappa shape index (κ1) is 31.1. The molecule has 9 aromatic rings. The van der Waals surface area contributed by atoms with Crippen LogP contribution in [0.3, 0.4) is 0 Å². The lowest BCUT2D eigenvalue weighted by Gasteiger charge is -2.29. The Balaban J connectivity index is 1.09. The Morgan fingerprint density at radius 1 is 0.472 bits per heavy atom. The molecule has 10 rings (SSSR count). The van der Waals surface area contributed by atoms with Crippen molar-refractivity contribution in [2.45, 2.75) is 19.3 Å². The quantitative estimate of drug-likeness (QED) is 0.175. The van der Waals surface area contributed by atoms with Crippen LogP contribution in [0.25, 0.3) is 66.7 Å². The Morgan fingerprint density at radius 3 is 1.89 bits per heavy atom. The van der Waals surface area contributed by atoms with Crippen LogP contribution in [-0.2, 0) is 5.41 Å². The molecule has 252 valence electrons. The van der Waals surface area contributed by atoms with Crippen LogP contribution in [-0.4, -0.2) is 4.98 Å². The minimum Gasteiger partial charge on any atom is -0.435 e. The van der Waals surface area contributed by atoms with Gasteiger partial charge in [-0.15, -0.1) is 0 Å². The summed E-state index contributed by atoms with van der Waals surface area (Å²) in [6.45, 7) is 4.67. The molecule has 8 aromatic carbocycles. The zero-order valence-electron chi connectivity index (χ0n) is 29.6. The van der Waals surface area contributed by atoms with E-state index in [-0.39, 0.29) is 5.41 Å². The summed E-state index contributed by atoms with van der Waals surface area (Å²) >= 11 is 0. The number of para-hydroxylation sites is 1. The second-order valence-corrected chi connectivity index (χ2v) is 14.4. The first-order valence-corrected chi connectivity index (χ1v) is 18.2. The largest absolute Gasteiger partial charge is 0.435 e. The van der Waals surface area contributed by atoms with Gasteiger partial charge in [-0.05, 0) is 98.9 Å². The second kappa shape index (κ2) is 12.2. The van der Waals surface area contributed by atoms with Crippen molar-refractivity contribution in [3.63, 3.8) is 0 Å². The molecule has 1 aliphatic rings. The standard InChI is InChI=1S/C50H36N2O/c1-50(2)44-19-11-9-18-41(44)43-32-39(28-29-45(43)50)52(47-20-12-10-17-40(47)34-13-5-3-6-14-34)38-26-23-33(24-27-38)37-22-21-35-25-30-46-48(42(35)31-37)53-49(51-46)36-15-7-4-8-16-36/h3-32H,1-2H3. The van der Waals surface area contributed by atoms with Crippen LogP contribution in [0.1, 0.15) is 25.0 Å². The van der Waals surface area contributed by atoms with Gasteiger partial charge in [0.25, 0.3) is 0 Å². The third-order valence-electron chi connectivity index (χ3n) is 10.9. The smallest absolute Gasteiger partial charge is 0.227 e. The average Bonchev–Trinajstić information content (AvgIpc) is 3.76. The fourth-order valence-electron chi connectivity index (χ4n) is 8.20. The summed E-state index contributed by atoms with van der Waals surface area (Å²) in [6, 6.07) is 65.1. The maximum Gasteiger partial charge on any atom is 0.227 e. The van der Waals surface area contributed by atoms with Crippen molar-refractivity contribution in [1.29, 1.82) is 0 Å². The van der Waals surface area contributed by atoms with Crippen LogP contribution >= 0.6 is 0 Å². The van der Waals surface area contributed by atoms with Gasteiger partial charge in [-0.2, -0.15) is 0 Å². The highest BCUT2D eigenvalue weighted by molar-refractivity contribution is 6.05. The summed E-state index contributed by atoms with van der Waals surface area (Å²) in [5.41, 5.74) is 15.9. The molecule has 0 radical (unpaired) electrons. The van der Waals surface area contributed by atoms with Crippen LogP contribution in [0.2, 0.25) is 0 Å². The van der Waals surface area contributed by atoms with Crippen molar-refractivity contribution < 1.29 is 4.42 Å². The van der Waals surface area contributed by atoms with E-state index in [4.69, 9.17) is 9.40 Å². The first-order chi connectivity index (χ1) is 26.0. The Bertz CT molecular complexity index is 2800. The highest BCUT2D eigenvalue weighted by atomic mass is 16.3. The summed E-state index contributed by atoms with van der Waals surface area (Å²) in [6.07, 6.45) is 0. The van der Waals surface area contributed by atoms with Gasteiger partial charge in [0.05, 0.1) is 5.69 Å². The Hall–Kier alpha value is -6.71. The van der Waals surface area contributed by atoms with Crippen molar-refractivity contribution >= 4 is 38.9 Å². The van der Waals surface area contributed by atoms with E-state index in [2.05, 4.69) is 164 Å². The fourth-order valence-corrected chi connectivity index (χ4v) is 8.20. The number of hydrogen-bond acceptors (Lipinski definition) is 3. The predicted octanol–water partition coefficient (Wildman–Crippen LogP) is 13.8. The molecule has 0 bridgehead atoms. The molecule has 0 aliphatic heterocycles. The molecule has 1 heterocycles. The van der Waals surface area contributed by atoms with E-state index in [0.717, 1.165) is 55.6 Å². The van der Waals surface area contributed by atoms with Gasteiger partial charge in [0.2, 0.25) is 5.89 Å². The van der Waals surface area contributed by atoms with Gasteiger partial charge >= 0.3 is 0 Å². The van der Waals surface area contributed by atoms with Crippen LogP contribution in [0.5, 0.6) is 0 Å². The van der Waals surface area contributed by atoms with Crippen LogP contribution in [0, 0.1) is 0 Å². The van der Waals surface area contributed by atoms with Crippen molar-refractivity contribution in [2.75, 3.05) is 4.90 Å². The maximum absolute atomic E-state index is 6.40. The van der Waals surface area contributed by atoms with Crippen molar-refractivity contribution in [1.82, 2.24) is 4.98 Å². The average molecular weight is 681 g/mol. The fraction of sp³-hybridized carbons (Fsp3) is 0.0600. The third kappa shape index (κ3) is 5.16. The minimum atomic E-state index is -0.0564. The monoisotopic (exact) mass is 680 g/mol. The highest BCUT2D eigenvalue weighted by Crippen LogP contribution is 2.51. The Kier molecular flexibility index (Phi) is 7.16. The van der Waals surface area contributed by atoms with Crippen LogP contribution in [0.4, 0.5) is 17.1 Å². The maximum atomic E-state index is 6.40. The van der Waals surface area contributed by atoms with Crippen LogP contribution in [0.15, 0.2) is 186 Å². The molecular weight excluding hydrogens is 645 g/mol. The van der Waals surface area contributed by atoms with E-state index in [0.29, 0.717) is 5.89 Å². The van der Waals surface area contributed by atoms with Crippen molar-refractivity contribution in [2.24, 2.45) is 0 Å².